The number of alkyl halides is 1. The maximum Gasteiger partial charge on any atom is 0.0960 e. The van der Waals surface area contributed by atoms with Gasteiger partial charge in [0, 0.05) is 4.88 Å². The number of aryl methyl sites for hydroxylation is 1. The van der Waals surface area contributed by atoms with Crippen molar-refractivity contribution in [3.63, 3.8) is 0 Å². The molecular weight excluding hydrogens is 235 g/mol. The zero-order chi connectivity index (χ0) is 10.9. The molecular formula is C11H16Cl2S. The van der Waals surface area contributed by atoms with E-state index < -0.39 is 0 Å². The Morgan fingerprint density at radius 3 is 2.21 bits per heavy atom. The smallest absolute Gasteiger partial charge is 0.0960 e. The van der Waals surface area contributed by atoms with Crippen LogP contribution in [-0.2, 0) is 0 Å². The van der Waals surface area contributed by atoms with E-state index in [1.807, 2.05) is 6.92 Å². The minimum absolute atomic E-state index is 0.0891. The lowest BCUT2D eigenvalue weighted by Gasteiger charge is -2.20. The first-order valence-corrected chi connectivity index (χ1v) is 6.46. The summed E-state index contributed by atoms with van der Waals surface area (Å²) < 4.78 is 0.863. The van der Waals surface area contributed by atoms with Crippen LogP contribution in [0, 0.1) is 18.8 Å². The molecule has 2 atom stereocenters. The molecule has 1 heterocycles. The van der Waals surface area contributed by atoms with E-state index in [2.05, 4.69) is 26.8 Å². The summed E-state index contributed by atoms with van der Waals surface area (Å²) >= 11 is 14.0. The van der Waals surface area contributed by atoms with Gasteiger partial charge in [-0.3, -0.25) is 0 Å². The number of halogens is 2. The molecule has 0 spiro atoms. The Bertz CT molecular complexity index is 285. The largest absolute Gasteiger partial charge is 0.127 e. The summed E-state index contributed by atoms with van der Waals surface area (Å²) in [7, 11) is 0. The van der Waals surface area contributed by atoms with E-state index in [0.717, 1.165) is 9.90 Å². The fraction of sp³-hybridized carbons (Fsp3) is 0.636. The van der Waals surface area contributed by atoms with E-state index in [0.29, 0.717) is 11.8 Å². The Hall–Kier alpha value is 0.280. The SMILES string of the molecule is Cc1cc(C(Cl)C(C)C(C)C)sc1Cl. The van der Waals surface area contributed by atoms with Gasteiger partial charge in [-0.25, -0.2) is 0 Å². The average Bonchev–Trinajstić information content (AvgIpc) is 2.44. The van der Waals surface area contributed by atoms with Crippen LogP contribution < -0.4 is 0 Å². The zero-order valence-corrected chi connectivity index (χ0v) is 11.3. The zero-order valence-electron chi connectivity index (χ0n) is 8.97. The van der Waals surface area contributed by atoms with Crippen LogP contribution >= 0.6 is 34.5 Å². The molecule has 0 saturated heterocycles. The van der Waals surface area contributed by atoms with Crippen molar-refractivity contribution in [1.82, 2.24) is 0 Å². The first-order valence-electron chi connectivity index (χ1n) is 4.83. The second-order valence-corrected chi connectivity index (χ2v) is 6.27. The predicted molar refractivity (Wildman–Crippen MR) is 66.7 cm³/mol. The fourth-order valence-corrected chi connectivity index (χ4v) is 3.02. The van der Waals surface area contributed by atoms with E-state index in [1.54, 1.807) is 11.3 Å². The van der Waals surface area contributed by atoms with E-state index in [-0.39, 0.29) is 5.38 Å². The normalized spacial score (nSPS) is 15.9. The first kappa shape index (κ1) is 12.4. The van der Waals surface area contributed by atoms with Gasteiger partial charge in [0.2, 0.25) is 0 Å². The lowest BCUT2D eigenvalue weighted by atomic mass is 9.93. The van der Waals surface area contributed by atoms with Crippen molar-refractivity contribution >= 4 is 34.5 Å². The van der Waals surface area contributed by atoms with E-state index in [4.69, 9.17) is 23.2 Å². The van der Waals surface area contributed by atoms with Crippen LogP contribution in [0.1, 0.15) is 36.6 Å². The van der Waals surface area contributed by atoms with E-state index >= 15 is 0 Å². The Balaban J connectivity index is 2.83. The van der Waals surface area contributed by atoms with E-state index in [9.17, 15) is 0 Å². The molecule has 0 aliphatic carbocycles. The highest BCUT2D eigenvalue weighted by Gasteiger charge is 2.21. The summed E-state index contributed by atoms with van der Waals surface area (Å²) in [5.74, 6) is 1.07. The van der Waals surface area contributed by atoms with Crippen LogP contribution in [0.3, 0.4) is 0 Å². The Labute approximate surface area is 100 Å². The molecule has 0 N–H and O–H groups in total. The molecule has 14 heavy (non-hydrogen) atoms. The summed E-state index contributed by atoms with van der Waals surface area (Å²) in [4.78, 5) is 1.19. The number of thiophene rings is 1. The van der Waals surface area contributed by atoms with Gasteiger partial charge in [-0.1, -0.05) is 32.4 Å². The van der Waals surface area contributed by atoms with Gasteiger partial charge in [0.25, 0.3) is 0 Å². The molecule has 80 valence electrons. The molecule has 0 aliphatic heterocycles. The van der Waals surface area contributed by atoms with Crippen LogP contribution in [0.15, 0.2) is 6.07 Å². The van der Waals surface area contributed by atoms with Crippen molar-refractivity contribution < 1.29 is 0 Å². The molecule has 0 fully saturated rings. The molecule has 0 saturated carbocycles. The second-order valence-electron chi connectivity index (χ2n) is 4.11. The monoisotopic (exact) mass is 250 g/mol. The minimum atomic E-state index is 0.0891. The highest BCUT2D eigenvalue weighted by molar-refractivity contribution is 7.16. The molecule has 0 radical (unpaired) electrons. The molecule has 0 aliphatic rings. The second kappa shape index (κ2) is 4.87. The highest BCUT2D eigenvalue weighted by atomic mass is 35.5. The Morgan fingerprint density at radius 1 is 1.29 bits per heavy atom. The molecule has 2 unspecified atom stereocenters. The van der Waals surface area contributed by atoms with Crippen molar-refractivity contribution in [2.24, 2.45) is 11.8 Å². The third-order valence-electron chi connectivity index (χ3n) is 2.66. The number of hydrogen-bond acceptors (Lipinski definition) is 1. The van der Waals surface area contributed by atoms with Crippen molar-refractivity contribution in [3.05, 3.63) is 20.8 Å². The summed E-state index contributed by atoms with van der Waals surface area (Å²) in [6, 6.07) is 2.10. The molecule has 1 aromatic rings. The molecule has 1 rings (SSSR count). The molecule has 0 bridgehead atoms. The van der Waals surface area contributed by atoms with E-state index in [1.165, 1.54) is 4.88 Å². The molecule has 1 aromatic heterocycles. The third-order valence-corrected chi connectivity index (χ3v) is 5.06. The Morgan fingerprint density at radius 2 is 1.86 bits per heavy atom. The van der Waals surface area contributed by atoms with Crippen LogP contribution in [0.4, 0.5) is 0 Å². The lowest BCUT2D eigenvalue weighted by molar-refractivity contribution is 0.409. The summed E-state index contributed by atoms with van der Waals surface area (Å²) in [6.45, 7) is 8.60. The average molecular weight is 251 g/mol. The maximum absolute atomic E-state index is 6.39. The molecule has 3 heteroatoms. The van der Waals surface area contributed by atoms with Gasteiger partial charge < -0.3 is 0 Å². The number of rotatable bonds is 3. The van der Waals surface area contributed by atoms with Gasteiger partial charge in [0.15, 0.2) is 0 Å². The molecule has 0 aromatic carbocycles. The van der Waals surface area contributed by atoms with Crippen LogP contribution in [0.5, 0.6) is 0 Å². The standard InChI is InChI=1S/C11H16Cl2S/c1-6(2)8(4)10(12)9-5-7(3)11(13)14-9/h5-6,8,10H,1-4H3. The minimum Gasteiger partial charge on any atom is -0.127 e. The van der Waals surface area contributed by atoms with Crippen molar-refractivity contribution in [1.29, 1.82) is 0 Å². The summed E-state index contributed by atoms with van der Waals surface area (Å²) in [6.07, 6.45) is 0. The van der Waals surface area contributed by atoms with Gasteiger partial charge >= 0.3 is 0 Å². The van der Waals surface area contributed by atoms with Gasteiger partial charge in [-0.15, -0.1) is 22.9 Å². The fourth-order valence-electron chi connectivity index (χ4n) is 1.22. The lowest BCUT2D eigenvalue weighted by Crippen LogP contribution is -2.09. The number of hydrogen-bond donors (Lipinski definition) is 0. The van der Waals surface area contributed by atoms with Gasteiger partial charge in [-0.05, 0) is 30.4 Å². The van der Waals surface area contributed by atoms with Crippen LogP contribution in [0.2, 0.25) is 4.34 Å². The van der Waals surface area contributed by atoms with Gasteiger partial charge in [-0.2, -0.15) is 0 Å². The summed E-state index contributed by atoms with van der Waals surface area (Å²) in [5, 5.41) is 0.0891. The Kier molecular flexibility index (Phi) is 4.30. The molecule has 0 nitrogen and oxygen atoms in total. The van der Waals surface area contributed by atoms with Crippen LogP contribution in [-0.4, -0.2) is 0 Å². The van der Waals surface area contributed by atoms with Gasteiger partial charge in [0.05, 0.1) is 9.71 Å². The van der Waals surface area contributed by atoms with Crippen LogP contribution in [0.25, 0.3) is 0 Å². The topological polar surface area (TPSA) is 0 Å². The first-order chi connectivity index (χ1) is 6.43. The van der Waals surface area contributed by atoms with Gasteiger partial charge in [0.1, 0.15) is 0 Å². The van der Waals surface area contributed by atoms with Crippen molar-refractivity contribution in [3.8, 4) is 0 Å². The molecule has 0 amide bonds. The summed E-state index contributed by atoms with van der Waals surface area (Å²) in [5.41, 5.74) is 1.13. The quantitative estimate of drug-likeness (QED) is 0.641. The highest BCUT2D eigenvalue weighted by Crippen LogP contribution is 2.40. The van der Waals surface area contributed by atoms with Crippen molar-refractivity contribution in [2.45, 2.75) is 33.1 Å². The predicted octanol–water partition coefficient (Wildman–Crippen LogP) is 5.28. The maximum atomic E-state index is 6.39. The third kappa shape index (κ3) is 2.65. The van der Waals surface area contributed by atoms with Crippen molar-refractivity contribution in [2.75, 3.05) is 0 Å².